The minimum absolute atomic E-state index is 0.0652. The third kappa shape index (κ3) is 2.95. The van der Waals surface area contributed by atoms with Gasteiger partial charge in [-0.3, -0.25) is 14.6 Å². The largest absolute Gasteiger partial charge is 0.469 e. The summed E-state index contributed by atoms with van der Waals surface area (Å²) in [5, 5.41) is 12.4. The summed E-state index contributed by atoms with van der Waals surface area (Å²) >= 11 is 0. The number of carbonyl (C=O) groups excluding carboxylic acids is 2. The number of nitrogens with zero attached hydrogens (tertiary/aromatic N) is 4. The third-order valence-corrected chi connectivity index (χ3v) is 3.10. The smallest absolute Gasteiger partial charge is 0.269 e. The van der Waals surface area contributed by atoms with Gasteiger partial charge < -0.3 is 4.42 Å². The van der Waals surface area contributed by atoms with Gasteiger partial charge in [0, 0.05) is 30.8 Å². The lowest BCUT2D eigenvalue weighted by Crippen LogP contribution is -2.18. The number of rotatable bonds is 6. The first kappa shape index (κ1) is 13.8. The highest BCUT2D eigenvalue weighted by Gasteiger charge is 2.22. The van der Waals surface area contributed by atoms with Crippen LogP contribution in [-0.4, -0.2) is 37.2 Å². The molecule has 8 heteroatoms. The molecule has 0 spiro atoms. The predicted molar refractivity (Wildman–Crippen MR) is 73.0 cm³/mol. The van der Waals surface area contributed by atoms with Crippen LogP contribution >= 0.6 is 0 Å². The first-order valence-corrected chi connectivity index (χ1v) is 6.49. The van der Waals surface area contributed by atoms with Crippen LogP contribution < -0.4 is 0 Å². The van der Waals surface area contributed by atoms with Crippen LogP contribution in [0.5, 0.6) is 0 Å². The van der Waals surface area contributed by atoms with Gasteiger partial charge in [0.1, 0.15) is 5.76 Å². The zero-order valence-corrected chi connectivity index (χ0v) is 11.4. The number of tetrazole rings is 1. The van der Waals surface area contributed by atoms with E-state index in [2.05, 4.69) is 25.6 Å². The van der Waals surface area contributed by atoms with Gasteiger partial charge in [-0.15, -0.1) is 10.2 Å². The van der Waals surface area contributed by atoms with Crippen molar-refractivity contribution in [1.82, 2.24) is 25.6 Å². The van der Waals surface area contributed by atoms with Gasteiger partial charge in [-0.05, 0) is 29.0 Å². The highest BCUT2D eigenvalue weighted by atomic mass is 16.3. The molecule has 0 fully saturated rings. The van der Waals surface area contributed by atoms with Crippen molar-refractivity contribution in [2.45, 2.75) is 12.8 Å². The molecular weight excluding hydrogens is 286 g/mol. The Morgan fingerprint density at radius 3 is 2.73 bits per heavy atom. The average molecular weight is 297 g/mol. The lowest BCUT2D eigenvalue weighted by molar-refractivity contribution is -0.114. The standard InChI is InChI=1S/C14H11N5O3/c20-11(13(21)14-16-18-19-17-14)8-10-3-6-22-12(10)7-9-1-4-15-5-2-9/h1-6H,7-8H2,(H,16,17,18,19). The molecule has 3 rings (SSSR count). The highest BCUT2D eigenvalue weighted by molar-refractivity contribution is 6.43. The van der Waals surface area contributed by atoms with Crippen molar-refractivity contribution >= 4 is 11.6 Å². The molecule has 0 aliphatic rings. The Morgan fingerprint density at radius 1 is 1.18 bits per heavy atom. The van der Waals surface area contributed by atoms with Gasteiger partial charge in [-0.1, -0.05) is 0 Å². The Balaban J connectivity index is 1.72. The fraction of sp³-hybridized carbons (Fsp3) is 0.143. The summed E-state index contributed by atoms with van der Waals surface area (Å²) < 4.78 is 5.41. The Bertz CT molecular complexity index is 780. The zero-order valence-electron chi connectivity index (χ0n) is 11.4. The second-order valence-electron chi connectivity index (χ2n) is 4.57. The fourth-order valence-electron chi connectivity index (χ4n) is 2.00. The Hall–Kier alpha value is -3.16. The van der Waals surface area contributed by atoms with Crippen molar-refractivity contribution in [3.05, 3.63) is 59.6 Å². The Kier molecular flexibility index (Phi) is 3.82. The molecule has 0 atom stereocenters. The monoisotopic (exact) mass is 297 g/mol. The summed E-state index contributed by atoms with van der Waals surface area (Å²) in [6.45, 7) is 0. The fourth-order valence-corrected chi connectivity index (χ4v) is 2.00. The van der Waals surface area contributed by atoms with E-state index in [0.29, 0.717) is 17.7 Å². The second-order valence-corrected chi connectivity index (χ2v) is 4.57. The number of H-pyrrole nitrogens is 1. The normalized spacial score (nSPS) is 10.5. The minimum atomic E-state index is -0.773. The van der Waals surface area contributed by atoms with E-state index in [1.54, 1.807) is 18.5 Å². The molecule has 22 heavy (non-hydrogen) atoms. The number of aromatic nitrogens is 5. The van der Waals surface area contributed by atoms with Gasteiger partial charge in [0.2, 0.25) is 11.6 Å². The first-order chi connectivity index (χ1) is 10.7. The second kappa shape index (κ2) is 6.08. The Morgan fingerprint density at radius 2 is 2.00 bits per heavy atom. The van der Waals surface area contributed by atoms with E-state index in [1.807, 2.05) is 12.1 Å². The summed E-state index contributed by atoms with van der Waals surface area (Å²) in [6, 6.07) is 5.40. The van der Waals surface area contributed by atoms with Crippen molar-refractivity contribution < 1.29 is 14.0 Å². The minimum Gasteiger partial charge on any atom is -0.469 e. The van der Waals surface area contributed by atoms with Crippen LogP contribution in [-0.2, 0) is 17.6 Å². The van der Waals surface area contributed by atoms with E-state index < -0.39 is 11.6 Å². The van der Waals surface area contributed by atoms with Crippen LogP contribution in [0.2, 0.25) is 0 Å². The number of hydrogen-bond donors (Lipinski definition) is 1. The van der Waals surface area contributed by atoms with Gasteiger partial charge >= 0.3 is 0 Å². The first-order valence-electron chi connectivity index (χ1n) is 6.49. The average Bonchev–Trinajstić information content (AvgIpc) is 3.20. The molecule has 1 N–H and O–H groups in total. The van der Waals surface area contributed by atoms with Crippen LogP contribution in [0.3, 0.4) is 0 Å². The van der Waals surface area contributed by atoms with Crippen LogP contribution in [0.15, 0.2) is 41.3 Å². The van der Waals surface area contributed by atoms with Gasteiger partial charge in [-0.2, -0.15) is 5.21 Å². The number of Topliss-reactive ketones (excluding diaryl/α,β-unsaturated/α-hetero) is 2. The summed E-state index contributed by atoms with van der Waals surface area (Å²) in [7, 11) is 0. The van der Waals surface area contributed by atoms with Crippen molar-refractivity contribution in [3.63, 3.8) is 0 Å². The number of hydrogen-bond acceptors (Lipinski definition) is 7. The molecule has 0 bridgehead atoms. The van der Waals surface area contributed by atoms with Crippen LogP contribution in [0.4, 0.5) is 0 Å². The maximum Gasteiger partial charge on any atom is 0.269 e. The maximum atomic E-state index is 12.0. The summed E-state index contributed by atoms with van der Waals surface area (Å²) in [6.07, 6.45) is 5.32. The molecule has 3 heterocycles. The van der Waals surface area contributed by atoms with Gasteiger partial charge in [-0.25, -0.2) is 0 Å². The lowest BCUT2D eigenvalue weighted by Gasteiger charge is -2.01. The molecule has 0 aromatic carbocycles. The molecule has 0 aliphatic carbocycles. The molecule has 8 nitrogen and oxygen atoms in total. The SMILES string of the molecule is O=C(Cc1ccoc1Cc1ccncc1)C(=O)c1nn[nH]n1. The summed E-state index contributed by atoms with van der Waals surface area (Å²) in [5.41, 5.74) is 1.67. The van der Waals surface area contributed by atoms with Crippen molar-refractivity contribution in [2.24, 2.45) is 0 Å². The summed E-state index contributed by atoms with van der Waals surface area (Å²) in [4.78, 5) is 27.8. The van der Waals surface area contributed by atoms with Crippen molar-refractivity contribution in [3.8, 4) is 0 Å². The van der Waals surface area contributed by atoms with Crippen LogP contribution in [0.1, 0.15) is 27.5 Å². The number of carbonyl (C=O) groups is 2. The summed E-state index contributed by atoms with van der Waals surface area (Å²) in [5.74, 6) is -0.978. The van der Waals surface area contributed by atoms with E-state index in [9.17, 15) is 9.59 Å². The number of pyridine rings is 1. The van der Waals surface area contributed by atoms with E-state index in [1.165, 1.54) is 6.26 Å². The van der Waals surface area contributed by atoms with Gasteiger partial charge in [0.25, 0.3) is 5.78 Å². The number of furan rings is 1. The topological polar surface area (TPSA) is 115 Å². The third-order valence-electron chi connectivity index (χ3n) is 3.10. The van der Waals surface area contributed by atoms with Crippen molar-refractivity contribution in [1.29, 1.82) is 0 Å². The molecule has 3 aromatic heterocycles. The van der Waals surface area contributed by atoms with Gasteiger partial charge in [0.15, 0.2) is 0 Å². The van der Waals surface area contributed by atoms with Gasteiger partial charge in [0.05, 0.1) is 6.26 Å². The predicted octanol–water partition coefficient (Wildman–Crippen LogP) is 0.773. The van der Waals surface area contributed by atoms with E-state index in [4.69, 9.17) is 4.42 Å². The highest BCUT2D eigenvalue weighted by Crippen LogP contribution is 2.16. The molecule has 0 amide bonds. The van der Waals surface area contributed by atoms with Crippen molar-refractivity contribution in [2.75, 3.05) is 0 Å². The molecule has 0 saturated carbocycles. The number of ketones is 2. The van der Waals surface area contributed by atoms with E-state index >= 15 is 0 Å². The molecule has 3 aromatic rings. The molecule has 110 valence electrons. The quantitative estimate of drug-likeness (QED) is 0.528. The molecular formula is C14H11N5O3. The van der Waals surface area contributed by atoms with E-state index in [-0.39, 0.29) is 12.2 Å². The molecule has 0 aliphatic heterocycles. The van der Waals surface area contributed by atoms with E-state index in [0.717, 1.165) is 5.56 Å². The van der Waals surface area contributed by atoms with Crippen LogP contribution in [0.25, 0.3) is 0 Å². The zero-order chi connectivity index (χ0) is 15.4. The molecule has 0 unspecified atom stereocenters. The number of nitrogens with one attached hydrogen (secondary N) is 1. The maximum absolute atomic E-state index is 12.0. The number of aromatic amines is 1. The molecule has 0 radical (unpaired) electrons. The van der Waals surface area contributed by atoms with Crippen LogP contribution in [0, 0.1) is 0 Å². The Labute approximate surface area is 124 Å². The lowest BCUT2D eigenvalue weighted by atomic mass is 10.0. The molecule has 0 saturated heterocycles.